The van der Waals surface area contributed by atoms with Crippen molar-refractivity contribution in [3.05, 3.63) is 118 Å². The highest BCUT2D eigenvalue weighted by Crippen LogP contribution is 2.26. The van der Waals surface area contributed by atoms with Gasteiger partial charge in [0.1, 0.15) is 17.5 Å². The van der Waals surface area contributed by atoms with Gasteiger partial charge in [-0.2, -0.15) is 0 Å². The van der Waals surface area contributed by atoms with Gasteiger partial charge in [0.15, 0.2) is 0 Å². The van der Waals surface area contributed by atoms with Crippen molar-refractivity contribution >= 4 is 28.9 Å². The van der Waals surface area contributed by atoms with E-state index in [-0.39, 0.29) is 24.9 Å². The minimum atomic E-state index is -0.509. The number of aryl methyl sites for hydroxylation is 1. The van der Waals surface area contributed by atoms with Crippen molar-refractivity contribution in [1.82, 2.24) is 4.98 Å². The molecule has 3 aromatic carbocycles. The van der Waals surface area contributed by atoms with Crippen molar-refractivity contribution in [2.75, 3.05) is 5.32 Å². The minimum absolute atomic E-state index is 0.0606. The second-order valence-corrected chi connectivity index (χ2v) is 8.63. The van der Waals surface area contributed by atoms with Crippen molar-refractivity contribution in [1.29, 1.82) is 0 Å². The quantitative estimate of drug-likeness (QED) is 0.355. The highest BCUT2D eigenvalue weighted by molar-refractivity contribution is 7.09. The lowest BCUT2D eigenvalue weighted by molar-refractivity contribution is -0.145. The molecule has 4 aromatic rings. The lowest BCUT2D eigenvalue weighted by Crippen LogP contribution is -2.17. The third-order valence-electron chi connectivity index (χ3n) is 5.11. The normalized spacial score (nSPS) is 10.7. The zero-order chi connectivity index (χ0) is 23.0. The molecule has 33 heavy (non-hydrogen) atoms. The molecule has 1 heterocycles. The fourth-order valence-corrected chi connectivity index (χ4v) is 4.24. The number of aromatic nitrogens is 1. The van der Waals surface area contributed by atoms with Gasteiger partial charge in [-0.15, -0.1) is 11.3 Å². The number of nitrogens with one attached hydrogen (secondary N) is 1. The summed E-state index contributed by atoms with van der Waals surface area (Å²) < 4.78 is 5.63. The van der Waals surface area contributed by atoms with E-state index >= 15 is 0 Å². The van der Waals surface area contributed by atoms with Crippen LogP contribution in [-0.2, 0) is 27.4 Å². The van der Waals surface area contributed by atoms with Gasteiger partial charge in [-0.25, -0.2) is 4.98 Å². The number of hydrogen-bond donors (Lipinski definition) is 1. The summed E-state index contributed by atoms with van der Waals surface area (Å²) in [4.78, 5) is 29.8. The standard InChI is InChI=1S/C27H24N2O3S/c1-19-12-14-22(15-13-19)28-24(30)16-25-29-23(18-33-25)17-32-27(31)26(20-8-4-2-5-9-20)21-10-6-3-7-11-21/h2-15,18,26H,16-17H2,1H3,(H,28,30). The first kappa shape index (κ1) is 22.4. The third-order valence-corrected chi connectivity index (χ3v) is 6.01. The number of nitrogens with zero attached hydrogens (tertiary/aromatic N) is 1. The van der Waals surface area contributed by atoms with Crippen molar-refractivity contribution in [3.63, 3.8) is 0 Å². The van der Waals surface area contributed by atoms with Gasteiger partial charge in [-0.3, -0.25) is 9.59 Å². The number of hydrogen-bond acceptors (Lipinski definition) is 5. The predicted octanol–water partition coefficient (Wildman–Crippen LogP) is 5.51. The first-order valence-electron chi connectivity index (χ1n) is 10.6. The zero-order valence-electron chi connectivity index (χ0n) is 18.2. The van der Waals surface area contributed by atoms with Gasteiger partial charge < -0.3 is 10.1 Å². The SMILES string of the molecule is Cc1ccc(NC(=O)Cc2nc(COC(=O)C(c3ccccc3)c3ccccc3)cs2)cc1. The van der Waals surface area contributed by atoms with Crippen LogP contribution in [0.5, 0.6) is 0 Å². The van der Waals surface area contributed by atoms with Crippen molar-refractivity contribution in [2.24, 2.45) is 0 Å². The zero-order valence-corrected chi connectivity index (χ0v) is 19.0. The number of thiazole rings is 1. The minimum Gasteiger partial charge on any atom is -0.458 e. The molecule has 1 aromatic heterocycles. The number of carbonyl (C=O) groups excluding carboxylic acids is 2. The van der Waals surface area contributed by atoms with Crippen LogP contribution < -0.4 is 5.32 Å². The van der Waals surface area contributed by atoms with Gasteiger partial charge in [-0.05, 0) is 30.2 Å². The average Bonchev–Trinajstić information content (AvgIpc) is 3.28. The van der Waals surface area contributed by atoms with Crippen molar-refractivity contribution in [2.45, 2.75) is 25.9 Å². The Morgan fingerprint density at radius 2 is 1.52 bits per heavy atom. The molecule has 0 unspecified atom stereocenters. The molecule has 1 N–H and O–H groups in total. The summed E-state index contributed by atoms with van der Waals surface area (Å²) in [7, 11) is 0. The maximum atomic E-state index is 13.0. The maximum Gasteiger partial charge on any atom is 0.318 e. The third kappa shape index (κ3) is 6.14. The van der Waals surface area contributed by atoms with Crippen LogP contribution in [-0.4, -0.2) is 16.9 Å². The summed E-state index contributed by atoms with van der Waals surface area (Å²) in [6.07, 6.45) is 0.170. The Kier molecular flexibility index (Phi) is 7.27. The van der Waals surface area contributed by atoms with E-state index in [0.29, 0.717) is 10.7 Å². The van der Waals surface area contributed by atoms with Crippen LogP contribution in [0.4, 0.5) is 5.69 Å². The monoisotopic (exact) mass is 456 g/mol. The molecule has 0 radical (unpaired) electrons. The van der Waals surface area contributed by atoms with Crippen LogP contribution in [0, 0.1) is 6.92 Å². The second-order valence-electron chi connectivity index (χ2n) is 7.69. The van der Waals surface area contributed by atoms with Crippen molar-refractivity contribution < 1.29 is 14.3 Å². The Balaban J connectivity index is 1.37. The summed E-state index contributed by atoms with van der Waals surface area (Å²) >= 11 is 1.38. The maximum absolute atomic E-state index is 13.0. The topological polar surface area (TPSA) is 68.3 Å². The highest BCUT2D eigenvalue weighted by atomic mass is 32.1. The number of amides is 1. The number of esters is 1. The van der Waals surface area contributed by atoms with Gasteiger partial charge >= 0.3 is 5.97 Å². The van der Waals surface area contributed by atoms with Crippen molar-refractivity contribution in [3.8, 4) is 0 Å². The summed E-state index contributed by atoms with van der Waals surface area (Å²) in [5.74, 6) is -0.977. The van der Waals surface area contributed by atoms with Crippen LogP contribution in [0.2, 0.25) is 0 Å². The van der Waals surface area contributed by atoms with Gasteiger partial charge in [0.2, 0.25) is 5.91 Å². The van der Waals surface area contributed by atoms with Crippen LogP contribution >= 0.6 is 11.3 Å². The summed E-state index contributed by atoms with van der Waals surface area (Å²) in [5.41, 5.74) is 4.27. The predicted molar refractivity (Wildman–Crippen MR) is 130 cm³/mol. The lowest BCUT2D eigenvalue weighted by Gasteiger charge is -2.16. The van der Waals surface area contributed by atoms with Crippen LogP contribution in [0.15, 0.2) is 90.3 Å². The number of benzene rings is 3. The molecule has 0 fully saturated rings. The number of anilines is 1. The van der Waals surface area contributed by atoms with Crippen LogP contribution in [0.1, 0.15) is 33.3 Å². The Morgan fingerprint density at radius 1 is 0.909 bits per heavy atom. The van der Waals surface area contributed by atoms with Gasteiger partial charge in [0.05, 0.1) is 12.1 Å². The number of carbonyl (C=O) groups is 2. The molecule has 0 saturated carbocycles. The van der Waals surface area contributed by atoms with Gasteiger partial charge in [0, 0.05) is 11.1 Å². The summed E-state index contributed by atoms with van der Waals surface area (Å²) in [5, 5.41) is 5.37. The van der Waals surface area contributed by atoms with E-state index in [0.717, 1.165) is 22.4 Å². The fraction of sp³-hybridized carbons (Fsp3) is 0.148. The Labute approximate surface area is 197 Å². The number of ether oxygens (including phenoxy) is 1. The van der Waals surface area contributed by atoms with Gasteiger partial charge in [0.25, 0.3) is 0 Å². The molecule has 5 nitrogen and oxygen atoms in total. The number of rotatable bonds is 8. The smallest absolute Gasteiger partial charge is 0.318 e. The van der Waals surface area contributed by atoms with E-state index in [9.17, 15) is 9.59 Å². The van der Waals surface area contributed by atoms with E-state index < -0.39 is 5.92 Å². The van der Waals surface area contributed by atoms with E-state index in [1.54, 1.807) is 0 Å². The van der Waals surface area contributed by atoms with E-state index in [4.69, 9.17) is 4.74 Å². The van der Waals surface area contributed by atoms with Crippen LogP contribution in [0.3, 0.4) is 0 Å². The Hall–Kier alpha value is -3.77. The molecule has 6 heteroatoms. The first-order valence-corrected chi connectivity index (χ1v) is 11.5. The van der Waals surface area contributed by atoms with Crippen LogP contribution in [0.25, 0.3) is 0 Å². The van der Waals surface area contributed by atoms with E-state index in [2.05, 4.69) is 10.3 Å². The molecule has 166 valence electrons. The van der Waals surface area contributed by atoms with E-state index in [1.165, 1.54) is 11.3 Å². The molecule has 0 saturated heterocycles. The molecule has 0 aliphatic heterocycles. The van der Waals surface area contributed by atoms with Gasteiger partial charge in [-0.1, -0.05) is 78.4 Å². The fourth-order valence-electron chi connectivity index (χ4n) is 3.46. The molecule has 4 rings (SSSR count). The summed E-state index contributed by atoms with van der Waals surface area (Å²) in [6.45, 7) is 2.06. The summed E-state index contributed by atoms with van der Waals surface area (Å²) in [6, 6.07) is 26.8. The molecule has 0 bridgehead atoms. The molecule has 0 atom stereocenters. The Bertz CT molecular complexity index is 1170. The molecular weight excluding hydrogens is 432 g/mol. The lowest BCUT2D eigenvalue weighted by atomic mass is 9.91. The molecular formula is C27H24N2O3S. The molecule has 0 spiro atoms. The molecule has 0 aliphatic rings. The highest BCUT2D eigenvalue weighted by Gasteiger charge is 2.24. The molecule has 1 amide bonds. The Morgan fingerprint density at radius 3 is 2.12 bits per heavy atom. The first-order chi connectivity index (χ1) is 16.1. The largest absolute Gasteiger partial charge is 0.458 e. The molecule has 0 aliphatic carbocycles. The second kappa shape index (κ2) is 10.7. The van der Waals surface area contributed by atoms with E-state index in [1.807, 2.05) is 97.2 Å². The average molecular weight is 457 g/mol.